The lowest BCUT2D eigenvalue weighted by Crippen LogP contribution is -2.32. The average Bonchev–Trinajstić information content (AvgIpc) is 2.47. The number of benzene rings is 1. The van der Waals surface area contributed by atoms with Gasteiger partial charge in [0.15, 0.2) is 0 Å². The van der Waals surface area contributed by atoms with E-state index in [0.29, 0.717) is 0 Å². The smallest absolute Gasteiger partial charge is 0.0355 e. The summed E-state index contributed by atoms with van der Waals surface area (Å²) in [5, 5.41) is 0. The van der Waals surface area contributed by atoms with Gasteiger partial charge in [0.2, 0.25) is 0 Å². The summed E-state index contributed by atoms with van der Waals surface area (Å²) in [5.41, 5.74) is 11.4. The van der Waals surface area contributed by atoms with Gasteiger partial charge < -0.3 is 5.73 Å². The molecule has 0 amide bonds. The highest BCUT2D eigenvalue weighted by atomic mass is 14.7. The molecule has 1 aliphatic carbocycles. The lowest BCUT2D eigenvalue weighted by atomic mass is 9.90. The molecule has 74 valence electrons. The highest BCUT2D eigenvalue weighted by Gasteiger charge is 2.25. The molecule has 2 N–H and O–H groups in total. The van der Waals surface area contributed by atoms with Crippen LogP contribution in [0.3, 0.4) is 0 Å². The first-order chi connectivity index (χ1) is 6.50. The van der Waals surface area contributed by atoms with Crippen LogP contribution in [-0.4, -0.2) is 5.54 Å². The van der Waals surface area contributed by atoms with Crippen molar-refractivity contribution in [3.8, 4) is 0 Å². The van der Waals surface area contributed by atoms with Crippen molar-refractivity contribution >= 4 is 5.57 Å². The minimum Gasteiger partial charge on any atom is -0.322 e. The van der Waals surface area contributed by atoms with Crippen molar-refractivity contribution in [1.29, 1.82) is 0 Å². The van der Waals surface area contributed by atoms with Crippen LogP contribution in [0.25, 0.3) is 5.57 Å². The number of hydrogen-bond donors (Lipinski definition) is 1. The molecule has 1 aromatic carbocycles. The second-order valence-corrected chi connectivity index (χ2v) is 4.64. The Morgan fingerprint density at radius 2 is 2.00 bits per heavy atom. The monoisotopic (exact) mass is 187 g/mol. The normalized spacial score (nSPS) is 15.3. The Morgan fingerprint density at radius 1 is 1.29 bits per heavy atom. The first kappa shape index (κ1) is 9.47. The first-order valence-electron chi connectivity index (χ1n) is 5.08. The first-order valence-corrected chi connectivity index (χ1v) is 5.08. The molecule has 0 aliphatic heterocycles. The predicted octanol–water partition coefficient (Wildman–Crippen LogP) is 2.67. The Kier molecular flexibility index (Phi) is 2.00. The van der Waals surface area contributed by atoms with E-state index < -0.39 is 0 Å². The van der Waals surface area contributed by atoms with Crippen molar-refractivity contribution in [2.45, 2.75) is 32.7 Å². The van der Waals surface area contributed by atoms with Crippen molar-refractivity contribution in [3.05, 3.63) is 41.0 Å². The number of fused-ring (bicyclic) bond motifs is 1. The zero-order chi connectivity index (χ0) is 10.3. The fourth-order valence-corrected chi connectivity index (χ4v) is 2.15. The fourth-order valence-electron chi connectivity index (χ4n) is 2.15. The van der Waals surface area contributed by atoms with Crippen LogP contribution in [0.1, 0.15) is 30.5 Å². The number of rotatable bonds is 1. The van der Waals surface area contributed by atoms with E-state index in [-0.39, 0.29) is 5.54 Å². The largest absolute Gasteiger partial charge is 0.322 e. The van der Waals surface area contributed by atoms with Gasteiger partial charge in [-0.25, -0.2) is 0 Å². The molecule has 0 fully saturated rings. The van der Waals surface area contributed by atoms with E-state index in [9.17, 15) is 0 Å². The Bertz CT molecular complexity index is 394. The predicted molar refractivity (Wildman–Crippen MR) is 61.1 cm³/mol. The summed E-state index contributed by atoms with van der Waals surface area (Å²) in [4.78, 5) is 0. The van der Waals surface area contributed by atoms with Crippen LogP contribution in [0.4, 0.5) is 0 Å². The standard InChI is InChI=1S/C13H17N/c1-9-5-4-6-11-10(9)7-8-12(11)13(2,3)14/h4-6,8H,7,14H2,1-3H3. The van der Waals surface area contributed by atoms with Gasteiger partial charge in [-0.3, -0.25) is 0 Å². The van der Waals surface area contributed by atoms with Crippen LogP contribution in [0, 0.1) is 6.92 Å². The second-order valence-electron chi connectivity index (χ2n) is 4.64. The SMILES string of the molecule is Cc1cccc2c1CC=C2C(C)(C)N. The zero-order valence-corrected chi connectivity index (χ0v) is 9.09. The Hall–Kier alpha value is -1.08. The summed E-state index contributed by atoms with van der Waals surface area (Å²) in [6.07, 6.45) is 3.30. The highest BCUT2D eigenvalue weighted by molar-refractivity contribution is 5.79. The van der Waals surface area contributed by atoms with Crippen molar-refractivity contribution in [1.82, 2.24) is 0 Å². The lowest BCUT2D eigenvalue weighted by Gasteiger charge is -2.22. The third-order valence-electron chi connectivity index (χ3n) is 2.90. The maximum absolute atomic E-state index is 6.14. The van der Waals surface area contributed by atoms with Gasteiger partial charge in [-0.2, -0.15) is 0 Å². The van der Waals surface area contributed by atoms with Gasteiger partial charge in [-0.15, -0.1) is 0 Å². The molecule has 14 heavy (non-hydrogen) atoms. The van der Waals surface area contributed by atoms with Crippen molar-refractivity contribution in [3.63, 3.8) is 0 Å². The fraction of sp³-hybridized carbons (Fsp3) is 0.385. The molecule has 1 aliphatic rings. The average molecular weight is 187 g/mol. The second kappa shape index (κ2) is 2.96. The molecule has 0 heterocycles. The summed E-state index contributed by atoms with van der Waals surface area (Å²) in [6, 6.07) is 6.45. The zero-order valence-electron chi connectivity index (χ0n) is 9.09. The van der Waals surface area contributed by atoms with Gasteiger partial charge in [-0.1, -0.05) is 24.3 Å². The van der Waals surface area contributed by atoms with E-state index in [2.05, 4.69) is 45.0 Å². The van der Waals surface area contributed by atoms with E-state index in [0.717, 1.165) is 6.42 Å². The molecule has 0 radical (unpaired) electrons. The number of allylic oxidation sites excluding steroid dienone is 1. The van der Waals surface area contributed by atoms with E-state index in [1.165, 1.54) is 22.3 Å². The molecule has 0 atom stereocenters. The van der Waals surface area contributed by atoms with E-state index in [4.69, 9.17) is 5.73 Å². The summed E-state index contributed by atoms with van der Waals surface area (Å²) in [5.74, 6) is 0. The summed E-state index contributed by atoms with van der Waals surface area (Å²) < 4.78 is 0. The van der Waals surface area contributed by atoms with Gasteiger partial charge in [0, 0.05) is 5.54 Å². The Balaban J connectivity index is 2.53. The van der Waals surface area contributed by atoms with Crippen molar-refractivity contribution in [2.75, 3.05) is 0 Å². The number of aryl methyl sites for hydroxylation is 1. The molecular weight excluding hydrogens is 170 g/mol. The topological polar surface area (TPSA) is 26.0 Å². The van der Waals surface area contributed by atoms with E-state index in [1.807, 2.05) is 0 Å². The molecule has 0 spiro atoms. The van der Waals surface area contributed by atoms with Gasteiger partial charge in [0.05, 0.1) is 0 Å². The van der Waals surface area contributed by atoms with E-state index >= 15 is 0 Å². The number of nitrogens with two attached hydrogens (primary N) is 1. The lowest BCUT2D eigenvalue weighted by molar-refractivity contribution is 0.676. The molecule has 1 aromatic rings. The van der Waals surface area contributed by atoms with Crippen LogP contribution < -0.4 is 5.73 Å². The third kappa shape index (κ3) is 1.38. The van der Waals surface area contributed by atoms with Gasteiger partial charge in [0.1, 0.15) is 0 Å². The van der Waals surface area contributed by atoms with Crippen LogP contribution in [0.2, 0.25) is 0 Å². The number of hydrogen-bond acceptors (Lipinski definition) is 1. The van der Waals surface area contributed by atoms with Crippen LogP contribution >= 0.6 is 0 Å². The van der Waals surface area contributed by atoms with Crippen LogP contribution in [0.15, 0.2) is 24.3 Å². The van der Waals surface area contributed by atoms with Gasteiger partial charge >= 0.3 is 0 Å². The molecular formula is C13H17N. The molecule has 0 unspecified atom stereocenters. The molecule has 0 saturated carbocycles. The highest BCUT2D eigenvalue weighted by Crippen LogP contribution is 2.35. The van der Waals surface area contributed by atoms with Gasteiger partial charge in [-0.05, 0) is 49.5 Å². The maximum atomic E-state index is 6.14. The molecule has 0 saturated heterocycles. The molecule has 1 heteroatoms. The Morgan fingerprint density at radius 3 is 2.64 bits per heavy atom. The van der Waals surface area contributed by atoms with Crippen molar-refractivity contribution < 1.29 is 0 Å². The minimum absolute atomic E-state index is 0.223. The van der Waals surface area contributed by atoms with Crippen LogP contribution in [0.5, 0.6) is 0 Å². The molecule has 0 aromatic heterocycles. The molecule has 1 nitrogen and oxygen atoms in total. The van der Waals surface area contributed by atoms with E-state index in [1.54, 1.807) is 0 Å². The van der Waals surface area contributed by atoms with Crippen LogP contribution in [-0.2, 0) is 6.42 Å². The third-order valence-corrected chi connectivity index (χ3v) is 2.90. The van der Waals surface area contributed by atoms with Gasteiger partial charge in [0.25, 0.3) is 0 Å². The maximum Gasteiger partial charge on any atom is 0.0355 e. The quantitative estimate of drug-likeness (QED) is 0.718. The van der Waals surface area contributed by atoms with Crippen molar-refractivity contribution in [2.24, 2.45) is 5.73 Å². The minimum atomic E-state index is -0.223. The summed E-state index contributed by atoms with van der Waals surface area (Å²) in [7, 11) is 0. The molecule has 0 bridgehead atoms. The summed E-state index contributed by atoms with van der Waals surface area (Å²) in [6.45, 7) is 6.30. The Labute approximate surface area is 85.6 Å². The summed E-state index contributed by atoms with van der Waals surface area (Å²) >= 11 is 0. The molecule has 2 rings (SSSR count).